The van der Waals surface area contributed by atoms with Gasteiger partial charge in [-0.15, -0.1) is 0 Å². The van der Waals surface area contributed by atoms with Crippen molar-refractivity contribution in [3.05, 3.63) is 23.3 Å². The van der Waals surface area contributed by atoms with Gasteiger partial charge in [-0.05, 0) is 24.1 Å². The van der Waals surface area contributed by atoms with Gasteiger partial charge in [0.1, 0.15) is 11.3 Å². The normalized spacial score (nSPS) is 13.9. The number of nitrogens with zero attached hydrogens (tertiary/aromatic N) is 1. The topological polar surface area (TPSA) is 49.8 Å². The first-order valence-electron chi connectivity index (χ1n) is 4.79. The number of esters is 1. The fourth-order valence-corrected chi connectivity index (χ4v) is 1.86. The standard InChI is InChI=1S/C11H13NO3/c1-12-4-3-7-5-10(13)8(6-9(7)12)11(14)15-2/h5-6,13H,3-4H2,1-2H3. The molecule has 0 saturated carbocycles. The monoisotopic (exact) mass is 207 g/mol. The third-order valence-corrected chi connectivity index (χ3v) is 2.73. The van der Waals surface area contributed by atoms with Crippen LogP contribution in [0.3, 0.4) is 0 Å². The van der Waals surface area contributed by atoms with Gasteiger partial charge >= 0.3 is 5.97 Å². The van der Waals surface area contributed by atoms with E-state index in [1.807, 2.05) is 7.05 Å². The summed E-state index contributed by atoms with van der Waals surface area (Å²) < 4.78 is 4.59. The van der Waals surface area contributed by atoms with Crippen LogP contribution in [0.5, 0.6) is 5.75 Å². The van der Waals surface area contributed by atoms with Gasteiger partial charge in [-0.3, -0.25) is 0 Å². The summed E-state index contributed by atoms with van der Waals surface area (Å²) in [5.74, 6) is -0.508. The quantitative estimate of drug-likeness (QED) is 0.702. The molecule has 1 aliphatic rings. The van der Waals surface area contributed by atoms with Gasteiger partial charge in [-0.1, -0.05) is 0 Å². The number of phenolic OH excluding ortho intramolecular Hbond substituents is 1. The Hall–Kier alpha value is -1.71. The number of carbonyl (C=O) groups is 1. The molecule has 0 saturated heterocycles. The van der Waals surface area contributed by atoms with Crippen molar-refractivity contribution < 1.29 is 14.6 Å². The van der Waals surface area contributed by atoms with Crippen molar-refractivity contribution in [1.82, 2.24) is 0 Å². The lowest BCUT2D eigenvalue weighted by atomic mass is 10.1. The van der Waals surface area contributed by atoms with E-state index in [2.05, 4.69) is 9.64 Å². The Balaban J connectivity index is 2.50. The molecule has 1 aromatic rings. The molecule has 1 aliphatic heterocycles. The zero-order valence-electron chi connectivity index (χ0n) is 8.78. The second-order valence-corrected chi connectivity index (χ2v) is 3.66. The number of anilines is 1. The average molecular weight is 207 g/mol. The van der Waals surface area contributed by atoms with Crippen LogP contribution in [0.25, 0.3) is 0 Å². The maximum absolute atomic E-state index is 11.3. The molecule has 0 spiro atoms. The molecule has 0 aliphatic carbocycles. The molecular formula is C11H13NO3. The van der Waals surface area contributed by atoms with Crippen LogP contribution in [0.2, 0.25) is 0 Å². The van der Waals surface area contributed by atoms with Crippen molar-refractivity contribution in [2.45, 2.75) is 6.42 Å². The molecule has 0 unspecified atom stereocenters. The molecule has 0 radical (unpaired) electrons. The van der Waals surface area contributed by atoms with E-state index < -0.39 is 5.97 Å². The molecule has 0 bridgehead atoms. The van der Waals surface area contributed by atoms with Crippen LogP contribution < -0.4 is 4.90 Å². The molecule has 15 heavy (non-hydrogen) atoms. The van der Waals surface area contributed by atoms with Crippen LogP contribution in [-0.4, -0.2) is 31.8 Å². The van der Waals surface area contributed by atoms with Crippen LogP contribution in [0.15, 0.2) is 12.1 Å². The Morgan fingerprint density at radius 3 is 2.93 bits per heavy atom. The summed E-state index contributed by atoms with van der Waals surface area (Å²) in [5, 5.41) is 9.64. The van der Waals surface area contributed by atoms with Gasteiger partial charge in [0.15, 0.2) is 0 Å². The lowest BCUT2D eigenvalue weighted by molar-refractivity contribution is 0.0597. The number of phenols is 1. The van der Waals surface area contributed by atoms with Crippen molar-refractivity contribution in [2.75, 3.05) is 25.6 Å². The van der Waals surface area contributed by atoms with Gasteiger partial charge < -0.3 is 14.7 Å². The highest BCUT2D eigenvalue weighted by atomic mass is 16.5. The lowest BCUT2D eigenvalue weighted by Crippen LogP contribution is -2.13. The Kier molecular flexibility index (Phi) is 2.26. The first kappa shape index (κ1) is 9.83. The van der Waals surface area contributed by atoms with Crippen LogP contribution in [0, 0.1) is 0 Å². The second-order valence-electron chi connectivity index (χ2n) is 3.66. The molecule has 4 heteroatoms. The molecular weight excluding hydrogens is 194 g/mol. The minimum absolute atomic E-state index is 0.00380. The van der Waals surface area contributed by atoms with Crippen molar-refractivity contribution >= 4 is 11.7 Å². The second kappa shape index (κ2) is 3.46. The summed E-state index contributed by atoms with van der Waals surface area (Å²) in [6.07, 6.45) is 0.904. The molecule has 80 valence electrons. The maximum Gasteiger partial charge on any atom is 0.341 e. The number of methoxy groups -OCH3 is 1. The van der Waals surface area contributed by atoms with Gasteiger partial charge in [0.05, 0.1) is 7.11 Å². The van der Waals surface area contributed by atoms with Crippen molar-refractivity contribution in [3.63, 3.8) is 0 Å². The largest absolute Gasteiger partial charge is 0.507 e. The van der Waals surface area contributed by atoms with E-state index in [4.69, 9.17) is 0 Å². The lowest BCUT2D eigenvalue weighted by Gasteiger charge is -2.13. The van der Waals surface area contributed by atoms with E-state index in [1.54, 1.807) is 12.1 Å². The summed E-state index contributed by atoms with van der Waals surface area (Å²) in [6, 6.07) is 3.33. The molecule has 0 fully saturated rings. The van der Waals surface area contributed by atoms with E-state index in [-0.39, 0.29) is 11.3 Å². The van der Waals surface area contributed by atoms with E-state index in [0.29, 0.717) is 0 Å². The zero-order chi connectivity index (χ0) is 11.0. The van der Waals surface area contributed by atoms with Gasteiger partial charge in [0, 0.05) is 19.3 Å². The van der Waals surface area contributed by atoms with Gasteiger partial charge in [-0.2, -0.15) is 0 Å². The Labute approximate surface area is 88.1 Å². The number of carbonyl (C=O) groups excluding carboxylic acids is 1. The first-order valence-corrected chi connectivity index (χ1v) is 4.79. The summed E-state index contributed by atoms with van der Waals surface area (Å²) in [7, 11) is 3.27. The van der Waals surface area contributed by atoms with Crippen molar-refractivity contribution in [2.24, 2.45) is 0 Å². The Morgan fingerprint density at radius 2 is 2.27 bits per heavy atom. The van der Waals surface area contributed by atoms with E-state index in [9.17, 15) is 9.90 Å². The molecule has 1 N–H and O–H groups in total. The molecule has 0 aromatic heterocycles. The zero-order valence-corrected chi connectivity index (χ0v) is 8.78. The number of benzene rings is 1. The smallest absolute Gasteiger partial charge is 0.341 e. The molecule has 0 atom stereocenters. The molecule has 2 rings (SSSR count). The van der Waals surface area contributed by atoms with E-state index in [1.165, 1.54) is 7.11 Å². The SMILES string of the molecule is COC(=O)c1cc2c(cc1O)CCN2C. The maximum atomic E-state index is 11.3. The number of hydrogen-bond acceptors (Lipinski definition) is 4. The Bertz CT molecular complexity index is 415. The Morgan fingerprint density at radius 1 is 1.53 bits per heavy atom. The minimum atomic E-state index is -0.504. The highest BCUT2D eigenvalue weighted by Crippen LogP contribution is 2.33. The van der Waals surface area contributed by atoms with Gasteiger partial charge in [0.2, 0.25) is 0 Å². The number of aromatic hydroxyl groups is 1. The number of fused-ring (bicyclic) bond motifs is 1. The third kappa shape index (κ3) is 1.52. The summed E-state index contributed by atoms with van der Waals surface area (Å²) >= 11 is 0. The highest BCUT2D eigenvalue weighted by molar-refractivity contribution is 5.94. The molecule has 0 amide bonds. The van der Waals surface area contributed by atoms with E-state index in [0.717, 1.165) is 24.2 Å². The molecule has 1 aromatic carbocycles. The van der Waals surface area contributed by atoms with Gasteiger partial charge in [0.25, 0.3) is 0 Å². The van der Waals surface area contributed by atoms with Crippen LogP contribution in [0.1, 0.15) is 15.9 Å². The average Bonchev–Trinajstić information content (AvgIpc) is 2.58. The third-order valence-electron chi connectivity index (χ3n) is 2.73. The van der Waals surface area contributed by atoms with E-state index >= 15 is 0 Å². The highest BCUT2D eigenvalue weighted by Gasteiger charge is 2.21. The first-order chi connectivity index (χ1) is 7.13. The molecule has 1 heterocycles. The summed E-state index contributed by atoms with van der Waals surface area (Å²) in [6.45, 7) is 0.916. The number of ether oxygens (including phenoxy) is 1. The number of likely N-dealkylation sites (N-methyl/N-ethyl adjacent to an activating group) is 1. The predicted octanol–water partition coefficient (Wildman–Crippen LogP) is 1.17. The van der Waals surface area contributed by atoms with Gasteiger partial charge in [-0.25, -0.2) is 4.79 Å². The predicted molar refractivity (Wildman–Crippen MR) is 56.4 cm³/mol. The van der Waals surface area contributed by atoms with Crippen LogP contribution in [-0.2, 0) is 11.2 Å². The van der Waals surface area contributed by atoms with Crippen molar-refractivity contribution in [1.29, 1.82) is 0 Å². The summed E-state index contributed by atoms with van der Waals surface area (Å²) in [5.41, 5.74) is 2.29. The van der Waals surface area contributed by atoms with Crippen LogP contribution in [0.4, 0.5) is 5.69 Å². The summed E-state index contributed by atoms with van der Waals surface area (Å²) in [4.78, 5) is 13.4. The molecule has 4 nitrogen and oxygen atoms in total. The fourth-order valence-electron chi connectivity index (χ4n) is 1.86. The fraction of sp³-hybridized carbons (Fsp3) is 0.364. The number of hydrogen-bond donors (Lipinski definition) is 1. The van der Waals surface area contributed by atoms with Crippen LogP contribution >= 0.6 is 0 Å². The van der Waals surface area contributed by atoms with Crippen molar-refractivity contribution in [3.8, 4) is 5.75 Å². The number of rotatable bonds is 1. The minimum Gasteiger partial charge on any atom is -0.507 e.